The van der Waals surface area contributed by atoms with E-state index in [0.717, 1.165) is 12.1 Å². The molecule has 10 heteroatoms. The fourth-order valence-electron chi connectivity index (χ4n) is 2.90. The molecule has 0 atom stereocenters. The standard InChI is InChI=1S/C22H15F3N2O5/c23-22(24,25)32-16-4-1-3-14(10-16)27-21-18(20(29)26-12-17-5-2-8-30-17)9-13-6-7-15(28)11-19(13)31-21/h1-11,28H,12H2,(H,26,29). The van der Waals surface area contributed by atoms with Gasteiger partial charge in [0.2, 0.25) is 5.55 Å². The molecule has 4 aromatic rings. The smallest absolute Gasteiger partial charge is 0.508 e. The lowest BCUT2D eigenvalue weighted by Crippen LogP contribution is -2.28. The number of fused-ring (bicyclic) bond motifs is 1. The van der Waals surface area contributed by atoms with Gasteiger partial charge in [-0.15, -0.1) is 13.2 Å². The summed E-state index contributed by atoms with van der Waals surface area (Å²) in [5.74, 6) is -0.554. The van der Waals surface area contributed by atoms with Gasteiger partial charge >= 0.3 is 6.36 Å². The molecular weight excluding hydrogens is 429 g/mol. The molecule has 0 aliphatic carbocycles. The minimum absolute atomic E-state index is 0.0388. The van der Waals surface area contributed by atoms with Gasteiger partial charge in [-0.25, -0.2) is 4.99 Å². The van der Waals surface area contributed by atoms with Crippen molar-refractivity contribution in [1.29, 1.82) is 0 Å². The predicted molar refractivity (Wildman–Crippen MR) is 106 cm³/mol. The molecular formula is C22H15F3N2O5. The highest BCUT2D eigenvalue weighted by atomic mass is 19.4. The van der Waals surface area contributed by atoms with Crippen LogP contribution in [0.3, 0.4) is 0 Å². The number of amides is 1. The number of ether oxygens (including phenoxy) is 1. The highest BCUT2D eigenvalue weighted by molar-refractivity contribution is 5.96. The van der Waals surface area contributed by atoms with Crippen LogP contribution in [-0.2, 0) is 6.54 Å². The highest BCUT2D eigenvalue weighted by Crippen LogP contribution is 2.26. The molecule has 0 aliphatic heterocycles. The molecule has 2 aromatic carbocycles. The van der Waals surface area contributed by atoms with E-state index in [2.05, 4.69) is 15.0 Å². The van der Waals surface area contributed by atoms with Gasteiger partial charge in [-0.2, -0.15) is 0 Å². The zero-order valence-electron chi connectivity index (χ0n) is 16.2. The van der Waals surface area contributed by atoms with Crippen molar-refractivity contribution in [1.82, 2.24) is 5.32 Å². The Bertz CT molecular complexity index is 1330. The van der Waals surface area contributed by atoms with Gasteiger partial charge in [0.1, 0.15) is 28.4 Å². The number of rotatable bonds is 5. The first-order valence-corrected chi connectivity index (χ1v) is 9.25. The topological polar surface area (TPSA) is 97.2 Å². The Balaban J connectivity index is 1.76. The third kappa shape index (κ3) is 5.09. The van der Waals surface area contributed by atoms with Crippen LogP contribution in [0.5, 0.6) is 11.5 Å². The zero-order chi connectivity index (χ0) is 22.7. The van der Waals surface area contributed by atoms with Gasteiger partial charge in [0, 0.05) is 17.5 Å². The maximum Gasteiger partial charge on any atom is 0.573 e. The summed E-state index contributed by atoms with van der Waals surface area (Å²) in [5.41, 5.74) is 0.171. The number of furan rings is 1. The molecule has 0 saturated carbocycles. The average Bonchev–Trinajstić information content (AvgIpc) is 3.24. The fourth-order valence-corrected chi connectivity index (χ4v) is 2.90. The van der Waals surface area contributed by atoms with Crippen LogP contribution in [0.15, 0.2) is 80.8 Å². The number of phenolic OH excluding ortho intramolecular Hbond substituents is 1. The number of hydrogen-bond acceptors (Lipinski definition) is 6. The number of nitrogens with one attached hydrogen (secondary N) is 1. The second kappa shape index (κ2) is 8.50. The molecule has 2 N–H and O–H groups in total. The first kappa shape index (κ1) is 21.0. The van der Waals surface area contributed by atoms with E-state index in [1.165, 1.54) is 36.6 Å². The van der Waals surface area contributed by atoms with E-state index >= 15 is 0 Å². The summed E-state index contributed by atoms with van der Waals surface area (Å²) in [6.45, 7) is 0.105. The normalized spacial score (nSPS) is 12.2. The quantitative estimate of drug-likeness (QED) is 0.461. The van der Waals surface area contributed by atoms with E-state index in [1.54, 1.807) is 18.2 Å². The Hall–Kier alpha value is -4.21. The second-order valence-electron chi connectivity index (χ2n) is 6.61. The lowest BCUT2D eigenvalue weighted by molar-refractivity contribution is -0.274. The van der Waals surface area contributed by atoms with E-state index in [-0.39, 0.29) is 34.7 Å². The van der Waals surface area contributed by atoms with Crippen LogP contribution >= 0.6 is 0 Å². The molecule has 2 heterocycles. The number of alkyl halides is 3. The van der Waals surface area contributed by atoms with Crippen molar-refractivity contribution in [3.05, 3.63) is 83.8 Å². The van der Waals surface area contributed by atoms with Crippen molar-refractivity contribution in [2.45, 2.75) is 12.9 Å². The maximum atomic E-state index is 12.8. The Morgan fingerprint density at radius 3 is 2.69 bits per heavy atom. The molecule has 0 fully saturated rings. The fraction of sp³-hybridized carbons (Fsp3) is 0.0909. The van der Waals surface area contributed by atoms with E-state index < -0.39 is 18.0 Å². The van der Waals surface area contributed by atoms with Crippen LogP contribution in [0.2, 0.25) is 0 Å². The first-order chi connectivity index (χ1) is 15.3. The van der Waals surface area contributed by atoms with Crippen molar-refractivity contribution < 1.29 is 36.6 Å². The number of nitrogens with zero attached hydrogens (tertiary/aromatic N) is 1. The summed E-state index contributed by atoms with van der Waals surface area (Å²) in [6, 6.07) is 14.1. The van der Waals surface area contributed by atoms with Crippen LogP contribution in [0.25, 0.3) is 11.0 Å². The molecule has 1 amide bonds. The number of phenols is 1. The number of hydrogen-bond donors (Lipinski definition) is 2. The van der Waals surface area contributed by atoms with Crippen molar-refractivity contribution >= 4 is 22.6 Å². The Morgan fingerprint density at radius 1 is 1.09 bits per heavy atom. The predicted octanol–water partition coefficient (Wildman–Crippen LogP) is 4.79. The molecule has 0 aliphatic rings. The van der Waals surface area contributed by atoms with Crippen LogP contribution in [0, 0.1) is 0 Å². The van der Waals surface area contributed by atoms with E-state index in [1.807, 2.05) is 0 Å². The van der Waals surface area contributed by atoms with Gasteiger partial charge in [-0.3, -0.25) is 4.79 Å². The lowest BCUT2D eigenvalue weighted by Gasteiger charge is -2.09. The third-order valence-corrected chi connectivity index (χ3v) is 4.26. The van der Waals surface area contributed by atoms with Gasteiger partial charge in [-0.1, -0.05) is 6.07 Å². The van der Waals surface area contributed by atoms with Gasteiger partial charge in [0.25, 0.3) is 5.91 Å². The minimum atomic E-state index is -4.86. The number of aromatic hydroxyl groups is 1. The van der Waals surface area contributed by atoms with Gasteiger partial charge in [0.05, 0.1) is 18.5 Å². The van der Waals surface area contributed by atoms with Crippen LogP contribution in [0.4, 0.5) is 18.9 Å². The zero-order valence-corrected chi connectivity index (χ0v) is 16.2. The lowest BCUT2D eigenvalue weighted by atomic mass is 10.1. The van der Waals surface area contributed by atoms with Gasteiger partial charge in [-0.05, 0) is 42.5 Å². The third-order valence-electron chi connectivity index (χ3n) is 4.26. The summed E-state index contributed by atoms with van der Waals surface area (Å²) in [5, 5.41) is 12.9. The monoisotopic (exact) mass is 444 g/mol. The van der Waals surface area contributed by atoms with E-state index in [4.69, 9.17) is 8.83 Å². The van der Waals surface area contributed by atoms with E-state index in [9.17, 15) is 23.1 Å². The summed E-state index contributed by atoms with van der Waals surface area (Å²) in [7, 11) is 0. The average molecular weight is 444 g/mol. The highest BCUT2D eigenvalue weighted by Gasteiger charge is 2.31. The number of carbonyl (C=O) groups excluding carboxylic acids is 1. The first-order valence-electron chi connectivity index (χ1n) is 9.25. The molecule has 32 heavy (non-hydrogen) atoms. The SMILES string of the molecule is O=C(NCc1ccco1)c1cc2ccc(O)cc2oc1=Nc1cccc(OC(F)(F)F)c1. The molecule has 0 bridgehead atoms. The number of carbonyl (C=O) groups is 1. The maximum absolute atomic E-state index is 12.8. The summed E-state index contributed by atoms with van der Waals surface area (Å²) >= 11 is 0. The summed E-state index contributed by atoms with van der Waals surface area (Å²) in [6.07, 6.45) is -3.39. The second-order valence-corrected chi connectivity index (χ2v) is 6.61. The molecule has 0 radical (unpaired) electrons. The molecule has 164 valence electrons. The molecule has 0 saturated heterocycles. The van der Waals surface area contributed by atoms with Crippen molar-refractivity contribution in [2.24, 2.45) is 4.99 Å². The van der Waals surface area contributed by atoms with Crippen molar-refractivity contribution in [3.8, 4) is 11.5 Å². The van der Waals surface area contributed by atoms with Crippen LogP contribution < -0.4 is 15.6 Å². The Kier molecular flexibility index (Phi) is 5.59. The Labute approximate surface area is 178 Å². The number of benzene rings is 2. The van der Waals surface area contributed by atoms with Gasteiger partial charge in [0.15, 0.2) is 0 Å². The molecule has 7 nitrogen and oxygen atoms in total. The van der Waals surface area contributed by atoms with Crippen LogP contribution in [-0.4, -0.2) is 17.4 Å². The summed E-state index contributed by atoms with van der Waals surface area (Å²) in [4.78, 5) is 17.0. The minimum Gasteiger partial charge on any atom is -0.508 e. The van der Waals surface area contributed by atoms with Crippen LogP contribution in [0.1, 0.15) is 16.1 Å². The molecule has 2 aromatic heterocycles. The van der Waals surface area contributed by atoms with E-state index in [0.29, 0.717) is 11.1 Å². The van der Waals surface area contributed by atoms with Gasteiger partial charge < -0.3 is 24.0 Å². The molecule has 4 rings (SSSR count). The molecule has 0 unspecified atom stereocenters. The summed E-state index contributed by atoms with van der Waals surface area (Å²) < 4.78 is 52.4. The largest absolute Gasteiger partial charge is 0.573 e. The Morgan fingerprint density at radius 2 is 1.94 bits per heavy atom. The molecule has 0 spiro atoms. The van der Waals surface area contributed by atoms with Crippen molar-refractivity contribution in [3.63, 3.8) is 0 Å². The number of halogens is 3. The van der Waals surface area contributed by atoms with Crippen molar-refractivity contribution in [2.75, 3.05) is 0 Å².